The van der Waals surface area contributed by atoms with E-state index in [1.54, 1.807) is 12.1 Å². The fraction of sp³-hybridized carbons (Fsp3) is 0.188. The molecule has 0 aromatic heterocycles. The van der Waals surface area contributed by atoms with E-state index in [0.717, 1.165) is 4.90 Å². The lowest BCUT2D eigenvalue weighted by Gasteiger charge is -2.22. The SMILES string of the molecule is C=CCc1cc(/C=C2\C(=O)NC(=O)N(C)C2=O)cc(OC)c1O. The number of urea groups is 1. The standard InChI is InChI=1S/C16H16N2O5/c1-4-5-10-6-9(8-12(23-3)13(10)19)7-11-14(20)17-16(22)18(2)15(11)21/h4,6-8,19H,1,5H2,2-3H3,(H,17,20,22)/b11-7+. The molecular weight excluding hydrogens is 300 g/mol. The van der Waals surface area contributed by atoms with Crippen LogP contribution in [-0.2, 0) is 16.0 Å². The third kappa shape index (κ3) is 3.08. The van der Waals surface area contributed by atoms with Gasteiger partial charge in [-0.15, -0.1) is 6.58 Å². The van der Waals surface area contributed by atoms with Gasteiger partial charge < -0.3 is 9.84 Å². The van der Waals surface area contributed by atoms with Gasteiger partial charge in [-0.2, -0.15) is 0 Å². The molecule has 0 aliphatic carbocycles. The average Bonchev–Trinajstić information content (AvgIpc) is 2.52. The Balaban J connectivity index is 2.51. The first-order chi connectivity index (χ1) is 10.9. The monoisotopic (exact) mass is 316 g/mol. The van der Waals surface area contributed by atoms with E-state index in [9.17, 15) is 19.5 Å². The van der Waals surface area contributed by atoms with Gasteiger partial charge in [-0.25, -0.2) is 4.79 Å². The third-order valence-corrected chi connectivity index (χ3v) is 3.38. The van der Waals surface area contributed by atoms with Crippen molar-refractivity contribution in [1.82, 2.24) is 10.2 Å². The molecule has 1 saturated heterocycles. The Morgan fingerprint density at radius 3 is 2.65 bits per heavy atom. The van der Waals surface area contributed by atoms with Crippen molar-refractivity contribution in [2.24, 2.45) is 0 Å². The molecule has 0 bridgehead atoms. The molecule has 0 unspecified atom stereocenters. The summed E-state index contributed by atoms with van der Waals surface area (Å²) in [5.41, 5.74) is 0.849. The summed E-state index contributed by atoms with van der Waals surface area (Å²) in [6, 6.07) is 2.34. The van der Waals surface area contributed by atoms with Gasteiger partial charge in [-0.05, 0) is 30.2 Å². The lowest BCUT2D eigenvalue weighted by molar-refractivity contribution is -0.129. The maximum Gasteiger partial charge on any atom is 0.331 e. The van der Waals surface area contributed by atoms with Crippen molar-refractivity contribution in [3.63, 3.8) is 0 Å². The molecule has 23 heavy (non-hydrogen) atoms. The van der Waals surface area contributed by atoms with Crippen LogP contribution in [0, 0.1) is 0 Å². The van der Waals surface area contributed by atoms with E-state index in [2.05, 4.69) is 11.9 Å². The number of hydrogen-bond acceptors (Lipinski definition) is 5. The normalized spacial score (nSPS) is 16.5. The van der Waals surface area contributed by atoms with Crippen molar-refractivity contribution in [2.45, 2.75) is 6.42 Å². The number of nitrogens with one attached hydrogen (secondary N) is 1. The largest absolute Gasteiger partial charge is 0.504 e. The fourth-order valence-electron chi connectivity index (χ4n) is 2.15. The molecule has 1 aromatic rings. The summed E-state index contributed by atoms with van der Waals surface area (Å²) in [6.45, 7) is 3.61. The van der Waals surface area contributed by atoms with Crippen molar-refractivity contribution < 1.29 is 24.2 Å². The molecule has 120 valence electrons. The van der Waals surface area contributed by atoms with Crippen LogP contribution >= 0.6 is 0 Å². The second kappa shape index (κ2) is 6.35. The predicted molar refractivity (Wildman–Crippen MR) is 82.8 cm³/mol. The number of methoxy groups -OCH3 is 1. The van der Waals surface area contributed by atoms with Gasteiger partial charge >= 0.3 is 6.03 Å². The lowest BCUT2D eigenvalue weighted by Crippen LogP contribution is -2.52. The maximum absolute atomic E-state index is 12.1. The van der Waals surface area contributed by atoms with E-state index >= 15 is 0 Å². The zero-order chi connectivity index (χ0) is 17.1. The van der Waals surface area contributed by atoms with Gasteiger partial charge in [0.05, 0.1) is 7.11 Å². The highest BCUT2D eigenvalue weighted by molar-refractivity contribution is 6.30. The Morgan fingerprint density at radius 2 is 2.04 bits per heavy atom. The number of allylic oxidation sites excluding steroid dienone is 1. The number of likely N-dealkylation sites (N-methyl/N-ethyl adjacent to an activating group) is 1. The van der Waals surface area contributed by atoms with E-state index in [1.807, 2.05) is 0 Å². The molecule has 7 heteroatoms. The van der Waals surface area contributed by atoms with Crippen LogP contribution in [0.1, 0.15) is 11.1 Å². The second-order valence-corrected chi connectivity index (χ2v) is 4.91. The summed E-state index contributed by atoms with van der Waals surface area (Å²) in [6.07, 6.45) is 3.34. The quantitative estimate of drug-likeness (QED) is 0.495. The molecule has 0 spiro atoms. The van der Waals surface area contributed by atoms with Crippen LogP contribution in [0.5, 0.6) is 11.5 Å². The highest BCUT2D eigenvalue weighted by Crippen LogP contribution is 2.33. The predicted octanol–water partition coefficient (Wildman–Crippen LogP) is 1.22. The molecule has 1 aliphatic rings. The molecule has 2 rings (SSSR count). The zero-order valence-electron chi connectivity index (χ0n) is 12.8. The average molecular weight is 316 g/mol. The van der Waals surface area contributed by atoms with E-state index in [1.165, 1.54) is 26.3 Å². The first kappa shape index (κ1) is 16.3. The Hall–Kier alpha value is -3.09. The van der Waals surface area contributed by atoms with Gasteiger partial charge in [0.2, 0.25) is 0 Å². The molecule has 1 fully saturated rings. The van der Waals surface area contributed by atoms with E-state index in [-0.39, 0.29) is 17.1 Å². The molecule has 1 heterocycles. The summed E-state index contributed by atoms with van der Waals surface area (Å²) in [5.74, 6) is -1.28. The summed E-state index contributed by atoms with van der Waals surface area (Å²) >= 11 is 0. The number of barbiturate groups is 1. The summed E-state index contributed by atoms with van der Waals surface area (Å²) in [7, 11) is 2.67. The Labute approximate surface area is 132 Å². The first-order valence-corrected chi connectivity index (χ1v) is 6.74. The number of rotatable bonds is 4. The van der Waals surface area contributed by atoms with Crippen molar-refractivity contribution in [2.75, 3.05) is 14.2 Å². The number of hydrogen-bond donors (Lipinski definition) is 2. The molecule has 0 saturated carbocycles. The molecule has 7 nitrogen and oxygen atoms in total. The van der Waals surface area contributed by atoms with Crippen LogP contribution < -0.4 is 10.1 Å². The molecule has 1 aromatic carbocycles. The zero-order valence-corrected chi connectivity index (χ0v) is 12.8. The number of imide groups is 2. The molecule has 0 radical (unpaired) electrons. The van der Waals surface area contributed by atoms with E-state index in [4.69, 9.17) is 4.74 Å². The third-order valence-electron chi connectivity index (χ3n) is 3.38. The van der Waals surface area contributed by atoms with E-state index < -0.39 is 17.8 Å². The van der Waals surface area contributed by atoms with Crippen molar-refractivity contribution in [3.05, 3.63) is 41.5 Å². The maximum atomic E-state index is 12.1. The van der Waals surface area contributed by atoms with Crippen molar-refractivity contribution in [1.29, 1.82) is 0 Å². The van der Waals surface area contributed by atoms with Gasteiger partial charge in [-0.3, -0.25) is 19.8 Å². The van der Waals surface area contributed by atoms with Gasteiger partial charge in [0.15, 0.2) is 11.5 Å². The van der Waals surface area contributed by atoms with Crippen LogP contribution in [0.2, 0.25) is 0 Å². The molecule has 4 amide bonds. The van der Waals surface area contributed by atoms with Crippen molar-refractivity contribution >= 4 is 23.9 Å². The smallest absolute Gasteiger partial charge is 0.331 e. The fourth-order valence-corrected chi connectivity index (χ4v) is 2.15. The molecule has 2 N–H and O–H groups in total. The Morgan fingerprint density at radius 1 is 1.35 bits per heavy atom. The van der Waals surface area contributed by atoms with Crippen LogP contribution in [0.15, 0.2) is 30.4 Å². The summed E-state index contributed by atoms with van der Waals surface area (Å²) < 4.78 is 5.09. The van der Waals surface area contributed by atoms with Gasteiger partial charge in [0.25, 0.3) is 11.8 Å². The number of phenolic OH excluding ortho intramolecular Hbond substituents is 1. The highest BCUT2D eigenvalue weighted by Gasteiger charge is 2.33. The molecule has 1 aliphatic heterocycles. The van der Waals surface area contributed by atoms with E-state index in [0.29, 0.717) is 17.5 Å². The number of amides is 4. The first-order valence-electron chi connectivity index (χ1n) is 6.74. The van der Waals surface area contributed by atoms with Gasteiger partial charge in [-0.1, -0.05) is 6.08 Å². The van der Waals surface area contributed by atoms with Crippen molar-refractivity contribution in [3.8, 4) is 11.5 Å². The number of ether oxygens (including phenoxy) is 1. The minimum Gasteiger partial charge on any atom is -0.504 e. The van der Waals surface area contributed by atoms with Crippen LogP contribution in [-0.4, -0.2) is 42.0 Å². The number of nitrogens with zero attached hydrogens (tertiary/aromatic N) is 1. The van der Waals surface area contributed by atoms with Crippen LogP contribution in [0.4, 0.5) is 4.79 Å². The topological polar surface area (TPSA) is 95.9 Å². The van der Waals surface area contributed by atoms with Crippen LogP contribution in [0.25, 0.3) is 6.08 Å². The summed E-state index contributed by atoms with van der Waals surface area (Å²) in [5, 5.41) is 12.1. The number of benzene rings is 1. The van der Waals surface area contributed by atoms with Crippen LogP contribution in [0.3, 0.4) is 0 Å². The Kier molecular flexibility index (Phi) is 4.49. The highest BCUT2D eigenvalue weighted by atomic mass is 16.5. The number of phenols is 1. The second-order valence-electron chi connectivity index (χ2n) is 4.91. The van der Waals surface area contributed by atoms with Gasteiger partial charge in [0, 0.05) is 12.6 Å². The lowest BCUT2D eigenvalue weighted by atomic mass is 10.0. The number of aromatic hydroxyl groups is 1. The Bertz CT molecular complexity index is 736. The summed E-state index contributed by atoms with van der Waals surface area (Å²) in [4.78, 5) is 36.1. The molecule has 0 atom stereocenters. The number of carbonyl (C=O) groups excluding carboxylic acids is 3. The minimum absolute atomic E-state index is 0.0266. The minimum atomic E-state index is -0.771. The number of carbonyl (C=O) groups is 3. The molecular formula is C16H16N2O5. The van der Waals surface area contributed by atoms with Gasteiger partial charge in [0.1, 0.15) is 5.57 Å².